The SMILES string of the molecule is CCCC(CNC(=O)OC(C)(C)C)NCCC(C)C. The van der Waals surface area contributed by atoms with Gasteiger partial charge in [-0.05, 0) is 46.1 Å². The summed E-state index contributed by atoms with van der Waals surface area (Å²) >= 11 is 0. The van der Waals surface area contributed by atoms with Crippen LogP contribution < -0.4 is 10.6 Å². The summed E-state index contributed by atoms with van der Waals surface area (Å²) in [5, 5.41) is 6.34. The number of amides is 1. The molecule has 0 aliphatic heterocycles. The summed E-state index contributed by atoms with van der Waals surface area (Å²) in [7, 11) is 0. The van der Waals surface area contributed by atoms with Crippen LogP contribution in [0.5, 0.6) is 0 Å². The van der Waals surface area contributed by atoms with Gasteiger partial charge in [0.1, 0.15) is 5.60 Å². The van der Waals surface area contributed by atoms with Crippen LogP contribution in [0.2, 0.25) is 0 Å². The molecule has 1 unspecified atom stereocenters. The Balaban J connectivity index is 3.96. The number of ether oxygens (including phenoxy) is 1. The van der Waals surface area contributed by atoms with E-state index in [1.807, 2.05) is 20.8 Å². The van der Waals surface area contributed by atoms with Crippen LogP contribution >= 0.6 is 0 Å². The van der Waals surface area contributed by atoms with Crippen molar-refractivity contribution in [2.24, 2.45) is 5.92 Å². The Morgan fingerprint density at radius 1 is 1.21 bits per heavy atom. The zero-order valence-electron chi connectivity index (χ0n) is 13.5. The molecule has 0 rings (SSSR count). The molecular weight excluding hydrogens is 240 g/mol. The Morgan fingerprint density at radius 3 is 2.32 bits per heavy atom. The Bertz CT molecular complexity index is 247. The van der Waals surface area contributed by atoms with Crippen LogP contribution in [0.3, 0.4) is 0 Å². The molecular formula is C15H32N2O2. The number of hydrogen-bond acceptors (Lipinski definition) is 3. The molecule has 2 N–H and O–H groups in total. The van der Waals surface area contributed by atoms with Gasteiger partial charge < -0.3 is 15.4 Å². The fraction of sp³-hybridized carbons (Fsp3) is 0.933. The summed E-state index contributed by atoms with van der Waals surface area (Å²) in [4.78, 5) is 11.6. The van der Waals surface area contributed by atoms with Crippen LogP contribution in [0.4, 0.5) is 4.79 Å². The summed E-state index contributed by atoms with van der Waals surface area (Å²) in [5.41, 5.74) is -0.435. The first kappa shape index (κ1) is 18.2. The molecule has 19 heavy (non-hydrogen) atoms. The maximum absolute atomic E-state index is 11.6. The molecule has 0 aliphatic rings. The largest absolute Gasteiger partial charge is 0.444 e. The fourth-order valence-corrected chi connectivity index (χ4v) is 1.72. The molecule has 4 heteroatoms. The van der Waals surface area contributed by atoms with E-state index in [-0.39, 0.29) is 6.09 Å². The highest BCUT2D eigenvalue weighted by molar-refractivity contribution is 5.67. The zero-order valence-corrected chi connectivity index (χ0v) is 13.5. The molecule has 0 heterocycles. The number of nitrogens with one attached hydrogen (secondary N) is 2. The van der Waals surface area contributed by atoms with E-state index in [1.165, 1.54) is 0 Å². The molecule has 1 atom stereocenters. The molecule has 0 saturated carbocycles. The molecule has 0 bridgehead atoms. The van der Waals surface area contributed by atoms with E-state index in [1.54, 1.807) is 0 Å². The lowest BCUT2D eigenvalue weighted by atomic mass is 10.1. The van der Waals surface area contributed by atoms with Gasteiger partial charge in [-0.2, -0.15) is 0 Å². The third-order valence-corrected chi connectivity index (χ3v) is 2.68. The van der Waals surface area contributed by atoms with Crippen LogP contribution in [-0.2, 0) is 4.74 Å². The predicted octanol–water partition coefficient (Wildman–Crippen LogP) is 3.32. The minimum atomic E-state index is -0.435. The van der Waals surface area contributed by atoms with Crippen molar-refractivity contribution in [2.75, 3.05) is 13.1 Å². The fourth-order valence-electron chi connectivity index (χ4n) is 1.72. The molecule has 0 aromatic carbocycles. The van der Waals surface area contributed by atoms with E-state index < -0.39 is 5.60 Å². The minimum Gasteiger partial charge on any atom is -0.444 e. The Hall–Kier alpha value is -0.770. The highest BCUT2D eigenvalue weighted by Gasteiger charge is 2.17. The highest BCUT2D eigenvalue weighted by atomic mass is 16.6. The van der Waals surface area contributed by atoms with E-state index in [0.717, 1.165) is 25.8 Å². The maximum Gasteiger partial charge on any atom is 0.407 e. The smallest absolute Gasteiger partial charge is 0.407 e. The average Bonchev–Trinajstić information content (AvgIpc) is 2.23. The molecule has 4 nitrogen and oxygen atoms in total. The molecule has 0 aromatic heterocycles. The van der Waals surface area contributed by atoms with Gasteiger partial charge in [0.05, 0.1) is 0 Å². The number of hydrogen-bond donors (Lipinski definition) is 2. The molecule has 1 amide bonds. The van der Waals surface area contributed by atoms with Crippen molar-refractivity contribution in [3.63, 3.8) is 0 Å². The lowest BCUT2D eigenvalue weighted by Crippen LogP contribution is -2.43. The summed E-state index contributed by atoms with van der Waals surface area (Å²) < 4.78 is 5.23. The number of carbonyl (C=O) groups is 1. The molecule has 0 radical (unpaired) electrons. The van der Waals surface area contributed by atoms with Crippen molar-refractivity contribution in [1.29, 1.82) is 0 Å². The van der Waals surface area contributed by atoms with Crippen molar-refractivity contribution >= 4 is 6.09 Å². The van der Waals surface area contributed by atoms with E-state index in [2.05, 4.69) is 31.4 Å². The molecule has 0 fully saturated rings. The van der Waals surface area contributed by atoms with Crippen LogP contribution in [0.15, 0.2) is 0 Å². The second-order valence-corrected chi connectivity index (χ2v) is 6.51. The lowest BCUT2D eigenvalue weighted by molar-refractivity contribution is 0.0521. The van der Waals surface area contributed by atoms with Crippen molar-refractivity contribution < 1.29 is 9.53 Å². The maximum atomic E-state index is 11.6. The van der Waals surface area contributed by atoms with Gasteiger partial charge in [-0.1, -0.05) is 27.2 Å². The molecule has 0 saturated heterocycles. The number of rotatable bonds is 8. The first-order valence-electron chi connectivity index (χ1n) is 7.44. The standard InChI is InChI=1S/C15H32N2O2/c1-7-8-13(16-10-9-12(2)3)11-17-14(18)19-15(4,5)6/h12-13,16H,7-11H2,1-6H3,(H,17,18). The van der Waals surface area contributed by atoms with Crippen molar-refractivity contribution in [3.8, 4) is 0 Å². The van der Waals surface area contributed by atoms with Crippen molar-refractivity contribution in [3.05, 3.63) is 0 Å². The van der Waals surface area contributed by atoms with Gasteiger partial charge in [-0.3, -0.25) is 0 Å². The van der Waals surface area contributed by atoms with Crippen LogP contribution in [0.1, 0.15) is 60.8 Å². The van der Waals surface area contributed by atoms with Crippen LogP contribution in [0, 0.1) is 5.92 Å². The first-order chi connectivity index (χ1) is 8.74. The minimum absolute atomic E-state index is 0.330. The molecule has 0 spiro atoms. The third-order valence-electron chi connectivity index (χ3n) is 2.68. The average molecular weight is 272 g/mol. The summed E-state index contributed by atoms with van der Waals surface area (Å²) in [6, 6.07) is 0.330. The van der Waals surface area contributed by atoms with Crippen molar-refractivity contribution in [1.82, 2.24) is 10.6 Å². The topological polar surface area (TPSA) is 50.4 Å². The number of alkyl carbamates (subject to hydrolysis) is 1. The Morgan fingerprint density at radius 2 is 1.84 bits per heavy atom. The lowest BCUT2D eigenvalue weighted by Gasteiger charge is -2.22. The Kier molecular flexibility index (Phi) is 8.81. The highest BCUT2D eigenvalue weighted by Crippen LogP contribution is 2.06. The third kappa shape index (κ3) is 12.0. The number of carbonyl (C=O) groups excluding carboxylic acids is 1. The van der Waals surface area contributed by atoms with Crippen molar-refractivity contribution in [2.45, 2.75) is 72.4 Å². The molecule has 114 valence electrons. The molecule has 0 aromatic rings. The van der Waals surface area contributed by atoms with Crippen LogP contribution in [-0.4, -0.2) is 30.8 Å². The van der Waals surface area contributed by atoms with Gasteiger partial charge in [0.15, 0.2) is 0 Å². The summed E-state index contributed by atoms with van der Waals surface area (Å²) in [6.45, 7) is 13.8. The van der Waals surface area contributed by atoms with Gasteiger partial charge in [0, 0.05) is 12.6 Å². The predicted molar refractivity (Wildman–Crippen MR) is 80.4 cm³/mol. The van der Waals surface area contributed by atoms with Gasteiger partial charge in [0.25, 0.3) is 0 Å². The van der Waals surface area contributed by atoms with Gasteiger partial charge in [-0.15, -0.1) is 0 Å². The summed E-state index contributed by atoms with van der Waals surface area (Å²) in [5.74, 6) is 0.702. The van der Waals surface area contributed by atoms with E-state index in [4.69, 9.17) is 4.74 Å². The van der Waals surface area contributed by atoms with Gasteiger partial charge in [-0.25, -0.2) is 4.79 Å². The second-order valence-electron chi connectivity index (χ2n) is 6.51. The summed E-state index contributed by atoms with van der Waals surface area (Å²) in [6.07, 6.45) is 3.00. The quantitative estimate of drug-likeness (QED) is 0.712. The monoisotopic (exact) mass is 272 g/mol. The van der Waals surface area contributed by atoms with E-state index in [9.17, 15) is 4.79 Å². The zero-order chi connectivity index (χ0) is 14.9. The first-order valence-corrected chi connectivity index (χ1v) is 7.44. The van der Waals surface area contributed by atoms with E-state index >= 15 is 0 Å². The van der Waals surface area contributed by atoms with Gasteiger partial charge in [0.2, 0.25) is 0 Å². The van der Waals surface area contributed by atoms with Gasteiger partial charge >= 0.3 is 6.09 Å². The normalized spacial score (nSPS) is 13.4. The molecule has 0 aliphatic carbocycles. The van der Waals surface area contributed by atoms with Crippen LogP contribution in [0.25, 0.3) is 0 Å². The second kappa shape index (κ2) is 9.18. The Labute approximate surface area is 118 Å². The van der Waals surface area contributed by atoms with E-state index in [0.29, 0.717) is 18.5 Å².